The summed E-state index contributed by atoms with van der Waals surface area (Å²) in [6, 6.07) is 4.39. The van der Waals surface area contributed by atoms with Gasteiger partial charge in [-0.3, -0.25) is 24.2 Å². The van der Waals surface area contributed by atoms with Gasteiger partial charge in [0.2, 0.25) is 0 Å². The van der Waals surface area contributed by atoms with E-state index in [1.165, 1.54) is 39.4 Å². The van der Waals surface area contributed by atoms with E-state index in [9.17, 15) is 19.2 Å². The first kappa shape index (κ1) is 22.7. The quantitative estimate of drug-likeness (QED) is 0.335. The molecule has 0 radical (unpaired) electrons. The van der Waals surface area contributed by atoms with Gasteiger partial charge in [0.05, 0.1) is 41.3 Å². The van der Waals surface area contributed by atoms with Crippen molar-refractivity contribution in [2.24, 2.45) is 0 Å². The van der Waals surface area contributed by atoms with Crippen LogP contribution in [0.3, 0.4) is 0 Å². The molecule has 0 saturated carbocycles. The van der Waals surface area contributed by atoms with Crippen LogP contribution in [0.25, 0.3) is 6.08 Å². The number of hydrogen-bond donors (Lipinski definition) is 0. The average molecular weight is 420 g/mol. The van der Waals surface area contributed by atoms with Gasteiger partial charge in [0.1, 0.15) is 5.70 Å². The molecule has 1 aliphatic rings. The molecule has 0 aliphatic carbocycles. The first-order valence-corrected chi connectivity index (χ1v) is 9.07. The number of carbonyl (C=O) groups excluding carboxylic acids is 4. The topological polar surface area (TPSA) is 112 Å². The molecule has 0 N–H and O–H groups in total. The molecule has 1 fully saturated rings. The molecule has 3 amide bonds. The van der Waals surface area contributed by atoms with E-state index in [-0.39, 0.29) is 31.6 Å². The number of nitrogens with zero attached hydrogens (tertiary/aromatic N) is 2. The van der Waals surface area contributed by atoms with Gasteiger partial charge in [-0.25, -0.2) is 4.79 Å². The lowest BCUT2D eigenvalue weighted by Crippen LogP contribution is -2.35. The Labute approximate surface area is 173 Å². The smallest absolute Gasteiger partial charge is 0.331 e. The normalized spacial score (nSPS) is 14.9. The van der Waals surface area contributed by atoms with Crippen LogP contribution in [0.2, 0.25) is 0 Å². The van der Waals surface area contributed by atoms with Crippen LogP contribution in [-0.4, -0.2) is 75.2 Å². The fourth-order valence-electron chi connectivity index (χ4n) is 2.85. The molecule has 2 rings (SSSR count). The van der Waals surface area contributed by atoms with Gasteiger partial charge < -0.3 is 18.9 Å². The third-order valence-corrected chi connectivity index (χ3v) is 4.46. The summed E-state index contributed by atoms with van der Waals surface area (Å²) in [5.74, 6) is -0.686. The van der Waals surface area contributed by atoms with Crippen molar-refractivity contribution < 1.29 is 38.1 Å². The monoisotopic (exact) mass is 420 g/mol. The molecule has 1 heterocycles. The van der Waals surface area contributed by atoms with Gasteiger partial charge in [-0.1, -0.05) is 6.07 Å². The minimum Gasteiger partial charge on any atom is -0.493 e. The molecular formula is C20H24N2O8. The van der Waals surface area contributed by atoms with Crippen LogP contribution >= 0.6 is 0 Å². The van der Waals surface area contributed by atoms with Gasteiger partial charge >= 0.3 is 18.0 Å². The highest BCUT2D eigenvalue weighted by molar-refractivity contribution is 6.14. The van der Waals surface area contributed by atoms with Crippen LogP contribution in [0, 0.1) is 0 Å². The molecule has 10 nitrogen and oxygen atoms in total. The Morgan fingerprint density at radius 3 is 1.97 bits per heavy atom. The molecule has 162 valence electrons. The largest absolute Gasteiger partial charge is 0.493 e. The van der Waals surface area contributed by atoms with Crippen LogP contribution in [0.1, 0.15) is 18.4 Å². The number of rotatable bonds is 9. The number of hydrogen-bond acceptors (Lipinski definition) is 8. The van der Waals surface area contributed by atoms with Crippen LogP contribution < -0.4 is 9.47 Å². The van der Waals surface area contributed by atoms with Gasteiger partial charge in [-0.2, -0.15) is 0 Å². The number of imide groups is 1. The van der Waals surface area contributed by atoms with Crippen LogP contribution in [0.4, 0.5) is 4.79 Å². The number of ether oxygens (including phenoxy) is 4. The van der Waals surface area contributed by atoms with Crippen molar-refractivity contribution in [3.05, 3.63) is 29.5 Å². The van der Waals surface area contributed by atoms with Crippen molar-refractivity contribution >= 4 is 30.0 Å². The minimum absolute atomic E-state index is 0.0505. The zero-order chi connectivity index (χ0) is 22.3. The first-order chi connectivity index (χ1) is 14.4. The van der Waals surface area contributed by atoms with Gasteiger partial charge in [0, 0.05) is 13.1 Å². The maximum absolute atomic E-state index is 12.9. The Bertz CT molecular complexity index is 864. The predicted molar refractivity (Wildman–Crippen MR) is 105 cm³/mol. The molecule has 1 saturated heterocycles. The summed E-state index contributed by atoms with van der Waals surface area (Å²) in [4.78, 5) is 50.8. The van der Waals surface area contributed by atoms with Crippen LogP contribution in [0.5, 0.6) is 11.5 Å². The number of benzene rings is 1. The fourth-order valence-corrected chi connectivity index (χ4v) is 2.85. The third kappa shape index (κ3) is 5.07. The highest BCUT2D eigenvalue weighted by atomic mass is 16.5. The van der Waals surface area contributed by atoms with Crippen molar-refractivity contribution in [1.29, 1.82) is 0 Å². The lowest BCUT2D eigenvalue weighted by molar-refractivity contribution is -0.141. The van der Waals surface area contributed by atoms with Crippen LogP contribution in [-0.2, 0) is 23.9 Å². The maximum Gasteiger partial charge on any atom is 0.331 e. The van der Waals surface area contributed by atoms with E-state index in [2.05, 4.69) is 9.47 Å². The molecule has 0 unspecified atom stereocenters. The van der Waals surface area contributed by atoms with E-state index < -0.39 is 23.9 Å². The number of esters is 2. The molecule has 1 aliphatic heterocycles. The average Bonchev–Trinajstić information content (AvgIpc) is 2.98. The minimum atomic E-state index is -0.625. The standard InChI is InChI=1S/C20H24N2O8/c1-27-15-6-5-13(12-16(15)28-2)11-14-19(25)22(10-8-18(24)30-4)20(26)21(14)9-7-17(23)29-3/h5-6,11-12H,7-10H2,1-4H3/b14-11+. The van der Waals surface area contributed by atoms with Crippen molar-refractivity contribution in [3.63, 3.8) is 0 Å². The zero-order valence-electron chi connectivity index (χ0n) is 17.3. The Morgan fingerprint density at radius 1 is 0.867 bits per heavy atom. The van der Waals surface area contributed by atoms with E-state index in [1.54, 1.807) is 18.2 Å². The van der Waals surface area contributed by atoms with Crippen molar-refractivity contribution in [3.8, 4) is 11.5 Å². The van der Waals surface area contributed by atoms with Crippen molar-refractivity contribution in [2.45, 2.75) is 12.8 Å². The molecule has 10 heteroatoms. The van der Waals surface area contributed by atoms with E-state index >= 15 is 0 Å². The summed E-state index contributed by atoms with van der Waals surface area (Å²) >= 11 is 0. The molecule has 1 aromatic rings. The summed E-state index contributed by atoms with van der Waals surface area (Å²) in [6.45, 7) is -0.187. The molecule has 30 heavy (non-hydrogen) atoms. The Balaban J connectivity index is 2.37. The second-order valence-electron chi connectivity index (χ2n) is 6.19. The lowest BCUT2D eigenvalue weighted by atomic mass is 10.1. The van der Waals surface area contributed by atoms with E-state index in [0.29, 0.717) is 17.1 Å². The summed E-state index contributed by atoms with van der Waals surface area (Å²) in [5, 5.41) is 0. The van der Waals surface area contributed by atoms with E-state index in [0.717, 1.165) is 4.90 Å². The second kappa shape index (κ2) is 10.3. The van der Waals surface area contributed by atoms with Crippen molar-refractivity contribution in [2.75, 3.05) is 41.5 Å². The van der Waals surface area contributed by atoms with Gasteiger partial charge in [0.25, 0.3) is 5.91 Å². The summed E-state index contributed by atoms with van der Waals surface area (Å²) in [6.07, 6.45) is 1.28. The summed E-state index contributed by atoms with van der Waals surface area (Å²) in [7, 11) is 5.45. The fraction of sp³-hybridized carbons (Fsp3) is 0.400. The highest BCUT2D eigenvalue weighted by Crippen LogP contribution is 2.30. The molecule has 0 atom stereocenters. The summed E-state index contributed by atoms with van der Waals surface area (Å²) < 4.78 is 19.6. The Morgan fingerprint density at radius 2 is 1.43 bits per heavy atom. The maximum atomic E-state index is 12.9. The van der Waals surface area contributed by atoms with Crippen LogP contribution in [0.15, 0.2) is 23.9 Å². The number of carbonyl (C=O) groups is 4. The zero-order valence-corrected chi connectivity index (χ0v) is 17.3. The summed E-state index contributed by atoms with van der Waals surface area (Å²) in [5.41, 5.74) is 0.655. The molecule has 0 aromatic heterocycles. The van der Waals surface area contributed by atoms with Gasteiger partial charge in [-0.15, -0.1) is 0 Å². The second-order valence-corrected chi connectivity index (χ2v) is 6.19. The Hall–Kier alpha value is -3.56. The lowest BCUT2D eigenvalue weighted by Gasteiger charge is -2.16. The number of urea groups is 1. The first-order valence-electron chi connectivity index (χ1n) is 9.07. The Kier molecular flexibility index (Phi) is 7.79. The molecule has 0 spiro atoms. The highest BCUT2D eigenvalue weighted by Gasteiger charge is 2.41. The SMILES string of the molecule is COC(=O)CCN1C(=O)/C(=C\c2ccc(OC)c(OC)c2)N(CCC(=O)OC)C1=O. The van der Waals surface area contributed by atoms with Crippen molar-refractivity contribution in [1.82, 2.24) is 9.80 Å². The molecular weight excluding hydrogens is 396 g/mol. The number of amides is 3. The van der Waals surface area contributed by atoms with E-state index in [1.807, 2.05) is 0 Å². The molecule has 0 bridgehead atoms. The van der Waals surface area contributed by atoms with Gasteiger partial charge in [-0.05, 0) is 23.8 Å². The third-order valence-electron chi connectivity index (χ3n) is 4.46. The molecule has 1 aromatic carbocycles. The number of methoxy groups -OCH3 is 4. The predicted octanol–water partition coefficient (Wildman–Crippen LogP) is 1.44. The van der Waals surface area contributed by atoms with E-state index in [4.69, 9.17) is 9.47 Å². The van der Waals surface area contributed by atoms with Gasteiger partial charge in [0.15, 0.2) is 11.5 Å².